The molecule has 1 heterocycles. The molecule has 5 nitrogen and oxygen atoms in total. The molecule has 1 aliphatic carbocycles. The molecule has 1 aliphatic heterocycles. The molecule has 2 N–H and O–H groups in total. The van der Waals surface area contributed by atoms with Crippen LogP contribution in [-0.4, -0.2) is 35.7 Å². The van der Waals surface area contributed by atoms with E-state index in [0.717, 1.165) is 25.0 Å². The topological polar surface area (TPSA) is 75.6 Å². The third kappa shape index (κ3) is 2.98. The Hall–Kier alpha value is -1.88. The van der Waals surface area contributed by atoms with Crippen molar-refractivity contribution in [3.63, 3.8) is 0 Å². The van der Waals surface area contributed by atoms with Crippen LogP contribution in [0.5, 0.6) is 0 Å². The summed E-state index contributed by atoms with van der Waals surface area (Å²) in [6.07, 6.45) is 2.67. The minimum atomic E-state index is -0.958. The third-order valence-electron chi connectivity index (χ3n) is 5.21. The molecular formula is C18H23NO4. The summed E-state index contributed by atoms with van der Waals surface area (Å²) in [5.74, 6) is -0.562. The molecule has 5 heteroatoms. The number of hydrogen-bond acceptors (Lipinski definition) is 3. The lowest BCUT2D eigenvalue weighted by atomic mass is 9.55. The highest BCUT2D eigenvalue weighted by molar-refractivity contribution is 5.87. The summed E-state index contributed by atoms with van der Waals surface area (Å²) < 4.78 is 5.85. The Morgan fingerprint density at radius 1 is 1.30 bits per heavy atom. The molecule has 124 valence electrons. The summed E-state index contributed by atoms with van der Waals surface area (Å²) in [6.45, 7) is 5.11. The molecule has 2 aliphatic rings. The Morgan fingerprint density at radius 2 is 2.00 bits per heavy atom. The summed E-state index contributed by atoms with van der Waals surface area (Å²) in [5, 5.41) is 12.0. The fourth-order valence-electron chi connectivity index (χ4n) is 3.99. The van der Waals surface area contributed by atoms with Gasteiger partial charge in [-0.15, -0.1) is 0 Å². The lowest BCUT2D eigenvalue weighted by molar-refractivity contribution is -0.193. The van der Waals surface area contributed by atoms with Gasteiger partial charge in [-0.05, 0) is 30.5 Å². The molecule has 1 amide bonds. The van der Waals surface area contributed by atoms with Crippen LogP contribution in [0.25, 0.3) is 0 Å². The number of carboxylic acid groups (broad SMARTS) is 1. The maximum atomic E-state index is 12.3. The van der Waals surface area contributed by atoms with Crippen molar-refractivity contribution < 1.29 is 19.4 Å². The summed E-state index contributed by atoms with van der Waals surface area (Å²) >= 11 is 0. The summed E-state index contributed by atoms with van der Waals surface area (Å²) in [7, 11) is 0. The van der Waals surface area contributed by atoms with Crippen LogP contribution in [0.2, 0.25) is 0 Å². The number of carboxylic acids is 1. The van der Waals surface area contributed by atoms with E-state index in [-0.39, 0.29) is 35.5 Å². The Balaban J connectivity index is 1.60. The quantitative estimate of drug-likeness (QED) is 0.893. The lowest BCUT2D eigenvalue weighted by Crippen LogP contribution is -2.70. The molecule has 3 rings (SSSR count). The second kappa shape index (κ2) is 5.96. The monoisotopic (exact) mass is 317 g/mol. The number of hydrogen-bond donors (Lipinski definition) is 2. The van der Waals surface area contributed by atoms with Crippen LogP contribution in [0.3, 0.4) is 0 Å². The predicted octanol–water partition coefficient (Wildman–Crippen LogP) is 2.25. The molecular weight excluding hydrogens is 294 g/mol. The first-order chi connectivity index (χ1) is 10.9. The molecule has 0 radical (unpaired) electrons. The van der Waals surface area contributed by atoms with E-state index >= 15 is 0 Å². The number of benzene rings is 1. The highest BCUT2D eigenvalue weighted by Crippen LogP contribution is 2.51. The largest absolute Gasteiger partial charge is 0.478 e. The molecule has 1 aromatic rings. The maximum Gasteiger partial charge on any atom is 0.335 e. The van der Waals surface area contributed by atoms with Gasteiger partial charge in [0.15, 0.2) is 0 Å². The van der Waals surface area contributed by atoms with Gasteiger partial charge in [0.25, 0.3) is 0 Å². The first kappa shape index (κ1) is 16.0. The average molecular weight is 317 g/mol. The number of fused-ring (bicyclic) bond motifs is 1. The first-order valence-corrected chi connectivity index (χ1v) is 8.13. The van der Waals surface area contributed by atoms with E-state index in [2.05, 4.69) is 19.2 Å². The smallest absolute Gasteiger partial charge is 0.335 e. The van der Waals surface area contributed by atoms with Crippen molar-refractivity contribution in [3.8, 4) is 0 Å². The number of carbonyl (C=O) groups is 2. The van der Waals surface area contributed by atoms with Crippen molar-refractivity contribution in [2.24, 2.45) is 11.3 Å². The second-order valence-corrected chi connectivity index (χ2v) is 7.14. The highest BCUT2D eigenvalue weighted by Gasteiger charge is 2.58. The number of ether oxygens (including phenoxy) is 1. The number of carbonyl (C=O) groups excluding carboxylic acids is 1. The minimum Gasteiger partial charge on any atom is -0.478 e. The van der Waals surface area contributed by atoms with Gasteiger partial charge in [0.05, 0.1) is 18.1 Å². The van der Waals surface area contributed by atoms with Gasteiger partial charge in [0.1, 0.15) is 0 Å². The summed E-state index contributed by atoms with van der Waals surface area (Å²) in [5.41, 5.74) is 1.02. The fourth-order valence-corrected chi connectivity index (χ4v) is 3.99. The predicted molar refractivity (Wildman–Crippen MR) is 85.3 cm³/mol. The zero-order valence-corrected chi connectivity index (χ0v) is 13.5. The molecule has 2 fully saturated rings. The summed E-state index contributed by atoms with van der Waals surface area (Å²) in [4.78, 5) is 23.2. The average Bonchev–Trinajstić information content (AvgIpc) is 2.53. The van der Waals surface area contributed by atoms with Crippen molar-refractivity contribution in [1.82, 2.24) is 5.32 Å². The SMILES string of the molecule is CC1(C)C(NC(=O)Cc2ccc(C(=O)O)cc2)C2CCCOC21. The van der Waals surface area contributed by atoms with E-state index in [1.807, 2.05) is 0 Å². The van der Waals surface area contributed by atoms with Gasteiger partial charge in [0.2, 0.25) is 5.91 Å². The second-order valence-electron chi connectivity index (χ2n) is 7.14. The van der Waals surface area contributed by atoms with Crippen molar-refractivity contribution in [1.29, 1.82) is 0 Å². The van der Waals surface area contributed by atoms with Crippen LogP contribution in [0, 0.1) is 11.3 Å². The van der Waals surface area contributed by atoms with Crippen LogP contribution >= 0.6 is 0 Å². The maximum absolute atomic E-state index is 12.3. The van der Waals surface area contributed by atoms with E-state index in [1.165, 1.54) is 12.1 Å². The van der Waals surface area contributed by atoms with Crippen molar-refractivity contribution in [3.05, 3.63) is 35.4 Å². The standard InChI is InChI=1S/C18H23NO4/c1-18(2)15(13-4-3-9-23-16(13)18)19-14(20)10-11-5-7-12(8-6-11)17(21)22/h5-8,13,15-16H,3-4,9-10H2,1-2H3,(H,19,20)(H,21,22). The number of rotatable bonds is 4. The van der Waals surface area contributed by atoms with Crippen LogP contribution in [-0.2, 0) is 16.0 Å². The Morgan fingerprint density at radius 3 is 2.65 bits per heavy atom. The van der Waals surface area contributed by atoms with Gasteiger partial charge in [0, 0.05) is 24.0 Å². The fraction of sp³-hybridized carbons (Fsp3) is 0.556. The lowest BCUT2D eigenvalue weighted by Gasteiger charge is -2.59. The normalized spacial score (nSPS) is 28.3. The third-order valence-corrected chi connectivity index (χ3v) is 5.21. The van der Waals surface area contributed by atoms with Crippen molar-refractivity contribution in [2.45, 2.75) is 45.3 Å². The zero-order chi connectivity index (χ0) is 16.6. The minimum absolute atomic E-state index is 0.0184. The van der Waals surface area contributed by atoms with Gasteiger partial charge in [-0.1, -0.05) is 26.0 Å². The molecule has 3 atom stereocenters. The van der Waals surface area contributed by atoms with Gasteiger partial charge in [-0.25, -0.2) is 4.79 Å². The first-order valence-electron chi connectivity index (χ1n) is 8.13. The Labute approximate surface area is 136 Å². The number of aromatic carboxylic acids is 1. The van der Waals surface area contributed by atoms with Gasteiger partial charge >= 0.3 is 5.97 Å². The van der Waals surface area contributed by atoms with Gasteiger partial charge < -0.3 is 15.2 Å². The van der Waals surface area contributed by atoms with E-state index < -0.39 is 5.97 Å². The van der Waals surface area contributed by atoms with E-state index in [4.69, 9.17) is 9.84 Å². The van der Waals surface area contributed by atoms with Crippen molar-refractivity contribution in [2.75, 3.05) is 6.61 Å². The summed E-state index contributed by atoms with van der Waals surface area (Å²) in [6, 6.07) is 6.61. The number of nitrogens with one attached hydrogen (secondary N) is 1. The Bertz CT molecular complexity index is 608. The van der Waals surface area contributed by atoms with E-state index in [9.17, 15) is 9.59 Å². The van der Waals surface area contributed by atoms with Crippen LogP contribution in [0.15, 0.2) is 24.3 Å². The molecule has 23 heavy (non-hydrogen) atoms. The molecule has 1 saturated heterocycles. The van der Waals surface area contributed by atoms with Crippen LogP contribution in [0.1, 0.15) is 42.6 Å². The van der Waals surface area contributed by atoms with E-state index in [1.54, 1.807) is 12.1 Å². The molecule has 0 bridgehead atoms. The molecule has 1 aromatic carbocycles. The molecule has 0 spiro atoms. The molecule has 0 aromatic heterocycles. The van der Waals surface area contributed by atoms with Crippen LogP contribution in [0.4, 0.5) is 0 Å². The van der Waals surface area contributed by atoms with Gasteiger partial charge in [-0.2, -0.15) is 0 Å². The van der Waals surface area contributed by atoms with Crippen LogP contribution < -0.4 is 5.32 Å². The van der Waals surface area contributed by atoms with Crippen molar-refractivity contribution >= 4 is 11.9 Å². The zero-order valence-electron chi connectivity index (χ0n) is 13.5. The molecule has 1 saturated carbocycles. The Kier molecular flexibility index (Phi) is 4.15. The number of amides is 1. The van der Waals surface area contributed by atoms with E-state index in [0.29, 0.717) is 5.92 Å². The highest BCUT2D eigenvalue weighted by atomic mass is 16.5. The van der Waals surface area contributed by atoms with Gasteiger partial charge in [-0.3, -0.25) is 4.79 Å². The molecule has 3 unspecified atom stereocenters.